The number of hydrogen-bond donors (Lipinski definition) is 1. The van der Waals surface area contributed by atoms with Crippen molar-refractivity contribution in [1.29, 1.82) is 0 Å². The van der Waals surface area contributed by atoms with Crippen LogP contribution < -0.4 is 5.32 Å². The van der Waals surface area contributed by atoms with Gasteiger partial charge in [0.1, 0.15) is 0 Å². The van der Waals surface area contributed by atoms with Crippen molar-refractivity contribution < 1.29 is 13.2 Å². The normalized spacial score (nSPS) is 26.4. The van der Waals surface area contributed by atoms with Crippen LogP contribution in [0.4, 0.5) is 13.2 Å². The van der Waals surface area contributed by atoms with Crippen molar-refractivity contribution in [1.82, 2.24) is 10.2 Å². The fraction of sp³-hybridized carbons (Fsp3) is 0.571. The SMILES string of the molecule is Cl.FC(F)(F)c1ccc(CN2C[C@H]3CNC[C@H]3C2)cc1. The maximum absolute atomic E-state index is 12.5. The van der Waals surface area contributed by atoms with Crippen LogP contribution in [0.1, 0.15) is 11.1 Å². The van der Waals surface area contributed by atoms with Crippen molar-refractivity contribution in [3.05, 3.63) is 35.4 Å². The summed E-state index contributed by atoms with van der Waals surface area (Å²) in [6.45, 7) is 5.02. The minimum Gasteiger partial charge on any atom is -0.316 e. The smallest absolute Gasteiger partial charge is 0.316 e. The van der Waals surface area contributed by atoms with E-state index in [0.717, 1.165) is 50.1 Å². The molecular weight excluding hydrogens is 289 g/mol. The van der Waals surface area contributed by atoms with Crippen LogP contribution in [0, 0.1) is 11.8 Å². The lowest BCUT2D eigenvalue weighted by molar-refractivity contribution is -0.137. The minimum absolute atomic E-state index is 0. The quantitative estimate of drug-likeness (QED) is 0.904. The van der Waals surface area contributed by atoms with Crippen LogP contribution in [0.25, 0.3) is 0 Å². The number of nitrogens with one attached hydrogen (secondary N) is 1. The fourth-order valence-electron chi connectivity index (χ4n) is 3.14. The highest BCUT2D eigenvalue weighted by Gasteiger charge is 2.36. The maximum Gasteiger partial charge on any atom is 0.416 e. The Labute approximate surface area is 122 Å². The first-order chi connectivity index (χ1) is 9.02. The van der Waals surface area contributed by atoms with E-state index in [0.29, 0.717) is 0 Å². The lowest BCUT2D eigenvalue weighted by Crippen LogP contribution is -2.25. The zero-order chi connectivity index (χ0) is 13.5. The molecular formula is C14H18ClF3N2. The van der Waals surface area contributed by atoms with E-state index < -0.39 is 11.7 Å². The Kier molecular flexibility index (Phi) is 4.62. The summed E-state index contributed by atoms with van der Waals surface area (Å²) in [5.74, 6) is 1.43. The van der Waals surface area contributed by atoms with Gasteiger partial charge in [-0.3, -0.25) is 4.90 Å². The molecule has 0 bridgehead atoms. The van der Waals surface area contributed by atoms with E-state index in [9.17, 15) is 13.2 Å². The lowest BCUT2D eigenvalue weighted by Gasteiger charge is -2.17. The molecule has 20 heavy (non-hydrogen) atoms. The zero-order valence-electron chi connectivity index (χ0n) is 11.0. The van der Waals surface area contributed by atoms with Crippen molar-refractivity contribution in [2.45, 2.75) is 12.7 Å². The number of alkyl halides is 3. The number of rotatable bonds is 2. The molecule has 0 aromatic heterocycles. The van der Waals surface area contributed by atoms with Crippen molar-refractivity contribution in [3.63, 3.8) is 0 Å². The van der Waals surface area contributed by atoms with E-state index in [1.165, 1.54) is 12.1 Å². The van der Waals surface area contributed by atoms with Gasteiger partial charge in [0.25, 0.3) is 0 Å². The molecule has 0 radical (unpaired) electrons. The Morgan fingerprint density at radius 2 is 1.60 bits per heavy atom. The van der Waals surface area contributed by atoms with Gasteiger partial charge in [-0.25, -0.2) is 0 Å². The largest absolute Gasteiger partial charge is 0.416 e. The molecule has 2 saturated heterocycles. The van der Waals surface area contributed by atoms with Gasteiger partial charge in [0.15, 0.2) is 0 Å². The number of benzene rings is 1. The van der Waals surface area contributed by atoms with Crippen LogP contribution in [0.2, 0.25) is 0 Å². The molecule has 1 N–H and O–H groups in total. The van der Waals surface area contributed by atoms with Crippen LogP contribution in [0.5, 0.6) is 0 Å². The highest BCUT2D eigenvalue weighted by Crippen LogP contribution is 2.30. The minimum atomic E-state index is -4.24. The molecule has 1 aromatic rings. The summed E-state index contributed by atoms with van der Waals surface area (Å²) in [4.78, 5) is 2.35. The summed E-state index contributed by atoms with van der Waals surface area (Å²) in [7, 11) is 0. The highest BCUT2D eigenvalue weighted by atomic mass is 35.5. The van der Waals surface area contributed by atoms with E-state index in [4.69, 9.17) is 0 Å². The lowest BCUT2D eigenvalue weighted by atomic mass is 10.0. The molecule has 2 fully saturated rings. The van der Waals surface area contributed by atoms with Crippen molar-refractivity contribution in [3.8, 4) is 0 Å². The van der Waals surface area contributed by atoms with E-state index in [2.05, 4.69) is 10.2 Å². The molecule has 2 nitrogen and oxygen atoms in total. The molecule has 2 atom stereocenters. The Bertz CT molecular complexity index is 435. The average molecular weight is 307 g/mol. The van der Waals surface area contributed by atoms with E-state index in [1.54, 1.807) is 12.1 Å². The number of likely N-dealkylation sites (tertiary alicyclic amines) is 1. The monoisotopic (exact) mass is 306 g/mol. The summed E-state index contributed by atoms with van der Waals surface area (Å²) in [6, 6.07) is 5.53. The average Bonchev–Trinajstić information content (AvgIpc) is 2.89. The predicted molar refractivity (Wildman–Crippen MR) is 73.8 cm³/mol. The van der Waals surface area contributed by atoms with Crippen LogP contribution in [-0.2, 0) is 12.7 Å². The molecule has 0 unspecified atom stereocenters. The van der Waals surface area contributed by atoms with Crippen molar-refractivity contribution >= 4 is 12.4 Å². The third kappa shape index (κ3) is 3.27. The number of halogens is 4. The molecule has 2 aliphatic heterocycles. The van der Waals surface area contributed by atoms with Crippen LogP contribution in [0.3, 0.4) is 0 Å². The Morgan fingerprint density at radius 3 is 2.10 bits per heavy atom. The van der Waals surface area contributed by atoms with Crippen molar-refractivity contribution in [2.24, 2.45) is 11.8 Å². The summed E-state index contributed by atoms with van der Waals surface area (Å²) in [5.41, 5.74) is 0.389. The van der Waals surface area contributed by atoms with E-state index >= 15 is 0 Å². The maximum atomic E-state index is 12.5. The molecule has 0 spiro atoms. The number of fused-ring (bicyclic) bond motifs is 1. The van der Waals surface area contributed by atoms with Gasteiger partial charge in [0.2, 0.25) is 0 Å². The van der Waals surface area contributed by atoms with E-state index in [1.807, 2.05) is 0 Å². The van der Waals surface area contributed by atoms with E-state index in [-0.39, 0.29) is 12.4 Å². The summed E-state index contributed by atoms with van der Waals surface area (Å²) in [6.07, 6.45) is -4.24. The Morgan fingerprint density at radius 1 is 1.05 bits per heavy atom. The molecule has 0 saturated carbocycles. The molecule has 2 aliphatic rings. The van der Waals surface area contributed by atoms with Crippen LogP contribution in [0.15, 0.2) is 24.3 Å². The van der Waals surface area contributed by atoms with Crippen molar-refractivity contribution in [2.75, 3.05) is 26.2 Å². The first-order valence-corrected chi connectivity index (χ1v) is 6.61. The van der Waals surface area contributed by atoms with Crippen LogP contribution in [-0.4, -0.2) is 31.1 Å². The Balaban J connectivity index is 0.00000147. The van der Waals surface area contributed by atoms with Gasteiger partial charge in [-0.15, -0.1) is 12.4 Å². The van der Waals surface area contributed by atoms with Gasteiger partial charge in [-0.1, -0.05) is 12.1 Å². The molecule has 6 heteroatoms. The van der Waals surface area contributed by atoms with Gasteiger partial charge in [0, 0.05) is 19.6 Å². The third-order valence-electron chi connectivity index (χ3n) is 4.15. The molecule has 0 aliphatic carbocycles. The first kappa shape index (κ1) is 15.6. The number of hydrogen-bond acceptors (Lipinski definition) is 2. The molecule has 2 heterocycles. The molecule has 3 rings (SSSR count). The molecule has 0 amide bonds. The van der Waals surface area contributed by atoms with Crippen LogP contribution >= 0.6 is 12.4 Å². The Hall–Kier alpha value is -0.780. The highest BCUT2D eigenvalue weighted by molar-refractivity contribution is 5.85. The second kappa shape index (κ2) is 5.92. The van der Waals surface area contributed by atoms with Gasteiger partial charge < -0.3 is 5.32 Å². The topological polar surface area (TPSA) is 15.3 Å². The second-order valence-corrected chi connectivity index (χ2v) is 5.57. The van der Waals surface area contributed by atoms with Gasteiger partial charge >= 0.3 is 6.18 Å². The summed E-state index contributed by atoms with van der Waals surface area (Å²) in [5, 5.41) is 3.38. The third-order valence-corrected chi connectivity index (χ3v) is 4.15. The predicted octanol–water partition coefficient (Wildman–Crippen LogP) is 2.78. The standard InChI is InChI=1S/C14H17F3N2.ClH/c15-14(16,17)13-3-1-10(2-4-13)7-19-8-11-5-18-6-12(11)9-19;/h1-4,11-12,18H,5-9H2;1H/t11-,12+;. The molecule has 112 valence electrons. The van der Waals surface area contributed by atoms with Gasteiger partial charge in [0.05, 0.1) is 5.56 Å². The zero-order valence-corrected chi connectivity index (χ0v) is 11.8. The second-order valence-electron chi connectivity index (χ2n) is 5.57. The first-order valence-electron chi connectivity index (χ1n) is 6.61. The summed E-state index contributed by atoms with van der Waals surface area (Å²) >= 11 is 0. The fourth-order valence-corrected chi connectivity index (χ4v) is 3.14. The van der Waals surface area contributed by atoms with Gasteiger partial charge in [-0.05, 0) is 42.6 Å². The summed E-state index contributed by atoms with van der Waals surface area (Å²) < 4.78 is 37.4. The van der Waals surface area contributed by atoms with Gasteiger partial charge in [-0.2, -0.15) is 13.2 Å². The molecule has 1 aromatic carbocycles. The number of nitrogens with zero attached hydrogens (tertiary/aromatic N) is 1.